The quantitative estimate of drug-likeness (QED) is 0.912. The van der Waals surface area contributed by atoms with Gasteiger partial charge in [-0.25, -0.2) is 0 Å². The molecular weight excluding hydrogens is 259 g/mol. The van der Waals surface area contributed by atoms with Gasteiger partial charge in [0.15, 0.2) is 0 Å². The highest BCUT2D eigenvalue weighted by atomic mass is 35.5. The normalized spacial score (nSPS) is 17.1. The topological polar surface area (TPSA) is 50.7 Å². The molecule has 1 saturated carbocycles. The second-order valence-electron chi connectivity index (χ2n) is 4.42. The molecule has 1 aromatic rings. The third kappa shape index (κ3) is 4.28. The molecule has 4 nitrogen and oxygen atoms in total. The minimum absolute atomic E-state index is 0.130. The van der Waals surface area contributed by atoms with Crippen molar-refractivity contribution in [2.24, 2.45) is 5.92 Å². The van der Waals surface area contributed by atoms with Crippen molar-refractivity contribution in [2.75, 3.05) is 11.9 Å². The van der Waals surface area contributed by atoms with E-state index in [2.05, 4.69) is 20.3 Å². The largest absolute Gasteiger partial charge is 0.354 e. The van der Waals surface area contributed by atoms with Gasteiger partial charge in [-0.1, -0.05) is 32.1 Å². The van der Waals surface area contributed by atoms with E-state index in [-0.39, 0.29) is 10.6 Å². The van der Waals surface area contributed by atoms with Crippen LogP contribution in [0.5, 0.6) is 0 Å². The zero-order valence-electron chi connectivity index (χ0n) is 9.62. The van der Waals surface area contributed by atoms with Gasteiger partial charge in [0.1, 0.15) is 0 Å². The van der Waals surface area contributed by atoms with Gasteiger partial charge in [0, 0.05) is 6.54 Å². The average Bonchev–Trinajstić information content (AvgIpc) is 2.29. The molecule has 1 aliphatic carbocycles. The lowest BCUT2D eigenvalue weighted by atomic mass is 9.87. The highest BCUT2D eigenvalue weighted by Gasteiger charge is 2.13. The predicted molar refractivity (Wildman–Crippen MR) is 69.5 cm³/mol. The van der Waals surface area contributed by atoms with Gasteiger partial charge >= 0.3 is 0 Å². The Bertz CT molecular complexity index is 346. The SMILES string of the molecule is Clc1nc(Cl)nc(NCCC2CCCCC2)n1. The zero-order chi connectivity index (χ0) is 12.1. The molecule has 0 unspecified atom stereocenters. The van der Waals surface area contributed by atoms with Gasteiger partial charge in [0.25, 0.3) is 0 Å². The van der Waals surface area contributed by atoms with Crippen molar-refractivity contribution < 1.29 is 0 Å². The number of halogens is 2. The summed E-state index contributed by atoms with van der Waals surface area (Å²) in [4.78, 5) is 11.6. The van der Waals surface area contributed by atoms with Crippen molar-refractivity contribution in [1.29, 1.82) is 0 Å². The summed E-state index contributed by atoms with van der Waals surface area (Å²) in [7, 11) is 0. The van der Waals surface area contributed by atoms with Gasteiger partial charge in [-0.05, 0) is 35.5 Å². The monoisotopic (exact) mass is 274 g/mol. The van der Waals surface area contributed by atoms with Crippen LogP contribution in [0, 0.1) is 5.92 Å². The first-order chi connectivity index (χ1) is 8.24. The zero-order valence-corrected chi connectivity index (χ0v) is 11.1. The van der Waals surface area contributed by atoms with Crippen LogP contribution in [-0.2, 0) is 0 Å². The van der Waals surface area contributed by atoms with Gasteiger partial charge in [0.2, 0.25) is 16.5 Å². The van der Waals surface area contributed by atoms with Crippen molar-refractivity contribution >= 4 is 29.2 Å². The van der Waals surface area contributed by atoms with Crippen LogP contribution in [0.15, 0.2) is 0 Å². The van der Waals surface area contributed by atoms with Gasteiger partial charge < -0.3 is 5.32 Å². The first-order valence-electron chi connectivity index (χ1n) is 6.05. The fourth-order valence-electron chi connectivity index (χ4n) is 2.27. The first kappa shape index (κ1) is 12.8. The maximum absolute atomic E-state index is 5.69. The van der Waals surface area contributed by atoms with Gasteiger partial charge in [-0.15, -0.1) is 0 Å². The Morgan fingerprint density at radius 1 is 1.00 bits per heavy atom. The number of hydrogen-bond donors (Lipinski definition) is 1. The van der Waals surface area contributed by atoms with Crippen LogP contribution >= 0.6 is 23.2 Å². The lowest BCUT2D eigenvalue weighted by molar-refractivity contribution is 0.345. The van der Waals surface area contributed by atoms with Gasteiger partial charge in [-0.2, -0.15) is 15.0 Å². The fraction of sp³-hybridized carbons (Fsp3) is 0.727. The number of nitrogens with one attached hydrogen (secondary N) is 1. The summed E-state index contributed by atoms with van der Waals surface area (Å²) in [5, 5.41) is 3.40. The molecule has 0 radical (unpaired) electrons. The maximum Gasteiger partial charge on any atom is 0.228 e. The van der Waals surface area contributed by atoms with Crippen LogP contribution in [0.1, 0.15) is 38.5 Å². The molecule has 0 spiro atoms. The van der Waals surface area contributed by atoms with Crippen LogP contribution in [0.3, 0.4) is 0 Å². The van der Waals surface area contributed by atoms with E-state index in [1.807, 2.05) is 0 Å². The number of rotatable bonds is 4. The third-order valence-electron chi connectivity index (χ3n) is 3.14. The highest BCUT2D eigenvalue weighted by Crippen LogP contribution is 2.26. The van der Waals surface area contributed by atoms with Gasteiger partial charge in [-0.3, -0.25) is 0 Å². The molecular formula is C11H16Cl2N4. The van der Waals surface area contributed by atoms with E-state index in [1.54, 1.807) is 0 Å². The Morgan fingerprint density at radius 3 is 2.29 bits per heavy atom. The van der Waals surface area contributed by atoms with Crippen LogP contribution < -0.4 is 5.32 Å². The molecule has 0 amide bonds. The molecule has 0 aliphatic heterocycles. The van der Waals surface area contributed by atoms with E-state index in [0.717, 1.165) is 18.9 Å². The number of anilines is 1. The molecule has 6 heteroatoms. The number of hydrogen-bond acceptors (Lipinski definition) is 4. The second kappa shape index (κ2) is 6.36. The molecule has 0 aromatic carbocycles. The van der Waals surface area contributed by atoms with E-state index in [4.69, 9.17) is 23.2 Å². The number of aromatic nitrogens is 3. The average molecular weight is 275 g/mol. The smallest absolute Gasteiger partial charge is 0.228 e. The third-order valence-corrected chi connectivity index (χ3v) is 3.48. The Labute approximate surface area is 111 Å². The lowest BCUT2D eigenvalue weighted by Gasteiger charge is -2.21. The van der Waals surface area contributed by atoms with E-state index in [9.17, 15) is 0 Å². The molecule has 17 heavy (non-hydrogen) atoms. The molecule has 1 aliphatic rings. The summed E-state index contributed by atoms with van der Waals surface area (Å²) < 4.78 is 0. The van der Waals surface area contributed by atoms with Crippen LogP contribution in [0.25, 0.3) is 0 Å². The summed E-state index contributed by atoms with van der Waals surface area (Å²) >= 11 is 11.4. The fourth-order valence-corrected chi connectivity index (χ4v) is 2.63. The number of nitrogens with zero attached hydrogens (tertiary/aromatic N) is 3. The lowest BCUT2D eigenvalue weighted by Crippen LogP contribution is -2.13. The Kier molecular flexibility index (Phi) is 4.80. The molecule has 2 rings (SSSR count). The summed E-state index contributed by atoms with van der Waals surface area (Å²) in [6.45, 7) is 0.862. The van der Waals surface area contributed by atoms with Crippen molar-refractivity contribution in [3.05, 3.63) is 10.6 Å². The van der Waals surface area contributed by atoms with E-state index < -0.39 is 0 Å². The predicted octanol–water partition coefficient (Wildman–Crippen LogP) is 3.56. The summed E-state index contributed by atoms with van der Waals surface area (Å²) in [6, 6.07) is 0. The minimum atomic E-state index is 0.130. The molecule has 94 valence electrons. The Hall–Kier alpha value is -0.610. The van der Waals surface area contributed by atoms with Crippen molar-refractivity contribution in [1.82, 2.24) is 15.0 Å². The van der Waals surface area contributed by atoms with Crippen LogP contribution in [0.2, 0.25) is 10.6 Å². The minimum Gasteiger partial charge on any atom is -0.354 e. The summed E-state index contributed by atoms with van der Waals surface area (Å²) in [5.74, 6) is 1.30. The Morgan fingerprint density at radius 2 is 1.65 bits per heavy atom. The molecule has 1 aromatic heterocycles. The van der Waals surface area contributed by atoms with Crippen LogP contribution in [-0.4, -0.2) is 21.5 Å². The standard InChI is InChI=1S/C11H16Cl2N4/c12-9-15-10(13)17-11(16-9)14-7-6-8-4-2-1-3-5-8/h8H,1-7H2,(H,14,15,16,17). The molecule has 1 N–H and O–H groups in total. The van der Waals surface area contributed by atoms with Gasteiger partial charge in [0.05, 0.1) is 0 Å². The molecule has 0 saturated heterocycles. The molecule has 0 atom stereocenters. The molecule has 1 heterocycles. The summed E-state index contributed by atoms with van der Waals surface area (Å²) in [6.07, 6.45) is 7.98. The van der Waals surface area contributed by atoms with Crippen molar-refractivity contribution in [2.45, 2.75) is 38.5 Å². The highest BCUT2D eigenvalue weighted by molar-refractivity contribution is 6.31. The second-order valence-corrected chi connectivity index (χ2v) is 5.09. The Balaban J connectivity index is 1.77. The molecule has 0 bridgehead atoms. The van der Waals surface area contributed by atoms with E-state index in [0.29, 0.717) is 5.95 Å². The van der Waals surface area contributed by atoms with Crippen molar-refractivity contribution in [3.63, 3.8) is 0 Å². The van der Waals surface area contributed by atoms with E-state index >= 15 is 0 Å². The molecule has 1 fully saturated rings. The van der Waals surface area contributed by atoms with Crippen molar-refractivity contribution in [3.8, 4) is 0 Å². The summed E-state index contributed by atoms with van der Waals surface area (Å²) in [5.41, 5.74) is 0. The van der Waals surface area contributed by atoms with E-state index in [1.165, 1.54) is 32.1 Å². The first-order valence-corrected chi connectivity index (χ1v) is 6.80. The van der Waals surface area contributed by atoms with Crippen LogP contribution in [0.4, 0.5) is 5.95 Å². The maximum atomic E-state index is 5.69.